The monoisotopic (exact) mass is 646 g/mol. The van der Waals surface area contributed by atoms with E-state index in [4.69, 9.17) is 0 Å². The third kappa shape index (κ3) is 5.07. The van der Waals surface area contributed by atoms with Crippen LogP contribution in [0.2, 0.25) is 0 Å². The van der Waals surface area contributed by atoms with Crippen LogP contribution in [0.3, 0.4) is 0 Å². The first-order valence-electron chi connectivity index (χ1n) is 17.8. The van der Waals surface area contributed by atoms with Crippen LogP contribution in [0.4, 0.5) is 0 Å². The summed E-state index contributed by atoms with van der Waals surface area (Å²) >= 11 is 0. The molecule has 0 amide bonds. The van der Waals surface area contributed by atoms with Crippen molar-refractivity contribution in [3.63, 3.8) is 0 Å². The van der Waals surface area contributed by atoms with Crippen LogP contribution in [-0.2, 0) is 0 Å². The minimum absolute atomic E-state index is 0.263. The summed E-state index contributed by atoms with van der Waals surface area (Å²) in [5.74, 6) is 0.263. The van der Waals surface area contributed by atoms with E-state index in [0.29, 0.717) is 0 Å². The van der Waals surface area contributed by atoms with Gasteiger partial charge in [-0.3, -0.25) is 0 Å². The molecule has 0 heteroatoms. The minimum atomic E-state index is 0.263. The Kier molecular flexibility index (Phi) is 6.99. The largest absolute Gasteiger partial charge is 0.0619 e. The van der Waals surface area contributed by atoms with Gasteiger partial charge in [-0.05, 0) is 112 Å². The fourth-order valence-corrected chi connectivity index (χ4v) is 8.30. The summed E-state index contributed by atoms with van der Waals surface area (Å²) in [4.78, 5) is 0. The van der Waals surface area contributed by atoms with Gasteiger partial charge in [-0.25, -0.2) is 0 Å². The van der Waals surface area contributed by atoms with Crippen LogP contribution in [0.15, 0.2) is 200 Å². The normalized spacial score (nSPS) is 12.2. The third-order valence-electron chi connectivity index (χ3n) is 10.8. The van der Waals surface area contributed by atoms with Gasteiger partial charge < -0.3 is 0 Å². The number of benzene rings is 9. The van der Waals surface area contributed by atoms with Crippen molar-refractivity contribution in [3.8, 4) is 55.6 Å². The van der Waals surface area contributed by atoms with Crippen LogP contribution in [0, 0.1) is 0 Å². The average Bonchev–Trinajstić information content (AvgIpc) is 3.55. The van der Waals surface area contributed by atoms with Crippen molar-refractivity contribution in [2.24, 2.45) is 0 Å². The zero-order valence-corrected chi connectivity index (χ0v) is 28.1. The van der Waals surface area contributed by atoms with E-state index < -0.39 is 0 Å². The van der Waals surface area contributed by atoms with E-state index in [-0.39, 0.29) is 5.92 Å². The Balaban J connectivity index is 1.04. The molecule has 9 aromatic carbocycles. The lowest BCUT2D eigenvalue weighted by molar-refractivity contribution is 1.02. The van der Waals surface area contributed by atoms with E-state index in [1.165, 1.54) is 93.9 Å². The Morgan fingerprint density at radius 2 is 0.627 bits per heavy atom. The topological polar surface area (TPSA) is 0 Å². The van der Waals surface area contributed by atoms with Crippen molar-refractivity contribution >= 4 is 21.5 Å². The summed E-state index contributed by atoms with van der Waals surface area (Å²) < 4.78 is 0. The molecule has 1 aliphatic rings. The zero-order valence-electron chi connectivity index (χ0n) is 28.1. The number of hydrogen-bond donors (Lipinski definition) is 0. The second-order valence-electron chi connectivity index (χ2n) is 13.7. The highest BCUT2D eigenvalue weighted by atomic mass is 14.3. The zero-order chi connectivity index (χ0) is 33.7. The first-order valence-corrected chi connectivity index (χ1v) is 17.8. The fourth-order valence-electron chi connectivity index (χ4n) is 8.30. The van der Waals surface area contributed by atoms with E-state index in [1.807, 2.05) is 0 Å². The molecule has 0 atom stereocenters. The molecule has 10 rings (SSSR count). The van der Waals surface area contributed by atoms with Crippen LogP contribution in [-0.4, -0.2) is 0 Å². The Bertz CT molecular complexity index is 2580. The second kappa shape index (κ2) is 12.1. The van der Waals surface area contributed by atoms with Gasteiger partial charge in [-0.2, -0.15) is 0 Å². The molecule has 0 N–H and O–H groups in total. The van der Waals surface area contributed by atoms with Gasteiger partial charge in [-0.1, -0.05) is 182 Å². The minimum Gasteiger partial charge on any atom is -0.0619 e. The van der Waals surface area contributed by atoms with Gasteiger partial charge in [0.15, 0.2) is 0 Å². The van der Waals surface area contributed by atoms with Gasteiger partial charge in [0.1, 0.15) is 0 Å². The van der Waals surface area contributed by atoms with Crippen LogP contribution in [0.25, 0.3) is 77.2 Å². The van der Waals surface area contributed by atoms with Gasteiger partial charge in [0.05, 0.1) is 0 Å². The maximum atomic E-state index is 2.37. The molecule has 0 aromatic heterocycles. The predicted molar refractivity (Wildman–Crippen MR) is 216 cm³/mol. The number of hydrogen-bond acceptors (Lipinski definition) is 0. The van der Waals surface area contributed by atoms with Crippen molar-refractivity contribution in [2.75, 3.05) is 0 Å². The maximum absolute atomic E-state index is 2.37. The van der Waals surface area contributed by atoms with E-state index in [2.05, 4.69) is 200 Å². The fraction of sp³-hybridized carbons (Fsp3) is 0.0196. The van der Waals surface area contributed by atoms with E-state index in [9.17, 15) is 0 Å². The molecular formula is C51H34. The van der Waals surface area contributed by atoms with Crippen LogP contribution in [0.5, 0.6) is 0 Å². The Morgan fingerprint density at radius 1 is 0.255 bits per heavy atom. The first-order chi connectivity index (χ1) is 25.3. The van der Waals surface area contributed by atoms with E-state index >= 15 is 0 Å². The third-order valence-corrected chi connectivity index (χ3v) is 10.8. The van der Waals surface area contributed by atoms with Crippen LogP contribution >= 0.6 is 0 Å². The molecule has 0 saturated carbocycles. The predicted octanol–water partition coefficient (Wildman–Crippen LogP) is 13.8. The molecule has 0 nitrogen and oxygen atoms in total. The highest BCUT2D eigenvalue weighted by Crippen LogP contribution is 2.48. The van der Waals surface area contributed by atoms with Gasteiger partial charge in [0.25, 0.3) is 0 Å². The molecule has 0 radical (unpaired) electrons. The first kappa shape index (κ1) is 29.4. The van der Waals surface area contributed by atoms with Crippen LogP contribution in [0.1, 0.15) is 22.6 Å². The summed E-state index contributed by atoms with van der Waals surface area (Å²) in [6.07, 6.45) is 0. The molecule has 51 heavy (non-hydrogen) atoms. The van der Waals surface area contributed by atoms with Crippen LogP contribution < -0.4 is 0 Å². The van der Waals surface area contributed by atoms with Gasteiger partial charge in [-0.15, -0.1) is 0 Å². The maximum Gasteiger partial charge on any atom is 0.0352 e. The summed E-state index contributed by atoms with van der Waals surface area (Å²) in [5.41, 5.74) is 16.6. The van der Waals surface area contributed by atoms with Gasteiger partial charge in [0, 0.05) is 5.92 Å². The standard InChI is InChI=1S/C51H34/c1-3-15-43-37(11-1)13-9-21-45(43)41-31-40(32-42(33-41)46-22-10-14-38-12-2-4-16-44(38)46)36-25-23-34(24-26-36)35-27-29-39(30-28-35)51-49-19-7-5-17-47(49)48-18-6-8-20-50(48)51/h1-33,51H. The van der Waals surface area contributed by atoms with Gasteiger partial charge >= 0.3 is 0 Å². The number of fused-ring (bicyclic) bond motifs is 5. The highest BCUT2D eigenvalue weighted by molar-refractivity contribution is 6.01. The molecule has 0 spiro atoms. The molecule has 0 saturated heterocycles. The SMILES string of the molecule is c1ccc2c(c1)-c1ccccc1C2c1ccc(-c2ccc(-c3cc(-c4cccc5ccccc45)cc(-c4cccc5ccccc45)c3)cc2)cc1. The summed E-state index contributed by atoms with van der Waals surface area (Å²) in [7, 11) is 0. The lowest BCUT2D eigenvalue weighted by Crippen LogP contribution is -1.98. The van der Waals surface area contributed by atoms with Crippen molar-refractivity contribution in [2.45, 2.75) is 5.92 Å². The molecule has 0 aliphatic heterocycles. The summed E-state index contributed by atoms with van der Waals surface area (Å²) in [5, 5.41) is 5.04. The Hall–Kier alpha value is -6.50. The molecule has 0 bridgehead atoms. The van der Waals surface area contributed by atoms with E-state index in [0.717, 1.165) is 0 Å². The molecular weight excluding hydrogens is 613 g/mol. The van der Waals surface area contributed by atoms with Crippen molar-refractivity contribution in [1.29, 1.82) is 0 Å². The smallest absolute Gasteiger partial charge is 0.0352 e. The summed E-state index contributed by atoms with van der Waals surface area (Å²) in [6, 6.07) is 73.7. The van der Waals surface area contributed by atoms with Gasteiger partial charge in [0.2, 0.25) is 0 Å². The Labute approximate surface area is 298 Å². The molecule has 0 fully saturated rings. The molecule has 0 heterocycles. The second-order valence-corrected chi connectivity index (χ2v) is 13.7. The van der Waals surface area contributed by atoms with Crippen molar-refractivity contribution in [1.82, 2.24) is 0 Å². The molecule has 0 unspecified atom stereocenters. The summed E-state index contributed by atoms with van der Waals surface area (Å²) in [6.45, 7) is 0. The number of rotatable bonds is 5. The molecule has 9 aromatic rings. The quantitative estimate of drug-likeness (QED) is 0.175. The molecule has 1 aliphatic carbocycles. The van der Waals surface area contributed by atoms with Crippen molar-refractivity contribution < 1.29 is 0 Å². The average molecular weight is 647 g/mol. The molecule has 238 valence electrons. The lowest BCUT2D eigenvalue weighted by Gasteiger charge is -2.16. The highest BCUT2D eigenvalue weighted by Gasteiger charge is 2.29. The van der Waals surface area contributed by atoms with Crippen molar-refractivity contribution in [3.05, 3.63) is 217 Å². The van der Waals surface area contributed by atoms with E-state index in [1.54, 1.807) is 0 Å². The lowest BCUT2D eigenvalue weighted by atomic mass is 9.88. The Morgan fingerprint density at radius 3 is 1.16 bits per heavy atom.